The van der Waals surface area contributed by atoms with Crippen molar-refractivity contribution in [1.29, 1.82) is 0 Å². The number of unbranched alkanes of at least 4 members (excludes halogenated alkanes) is 18. The monoisotopic (exact) mass is 778 g/mol. The van der Waals surface area contributed by atoms with Gasteiger partial charge in [-0.15, -0.1) is 0 Å². The van der Waals surface area contributed by atoms with Gasteiger partial charge in [0.1, 0.15) is 42.7 Å². The van der Waals surface area contributed by atoms with Crippen LogP contribution in [0, 0.1) is 0 Å². The number of rotatable bonds is 34. The van der Waals surface area contributed by atoms with E-state index in [1.54, 1.807) is 0 Å². The van der Waals surface area contributed by atoms with Crippen LogP contribution in [0.2, 0.25) is 0 Å². The van der Waals surface area contributed by atoms with Crippen molar-refractivity contribution in [2.75, 3.05) is 19.8 Å². The molecule has 6 unspecified atom stereocenters. The summed E-state index contributed by atoms with van der Waals surface area (Å²) in [6.07, 6.45) is 21.1. The molecule has 13 heteroatoms. The molecule has 0 spiro atoms. The molecule has 1 aliphatic rings. The Labute approximate surface area is 320 Å². The number of aliphatic hydroxyl groups excluding tert-OH is 5. The normalized spacial score (nSPS) is 23.8. The first-order chi connectivity index (χ1) is 25.5. The summed E-state index contributed by atoms with van der Waals surface area (Å²) >= 11 is 0. The number of hydrogen-bond acceptors (Lipinski definition) is 11. The van der Waals surface area contributed by atoms with Crippen LogP contribution in [0.1, 0.15) is 162 Å². The summed E-state index contributed by atoms with van der Waals surface area (Å²) in [7, 11) is -5.01. The Balaban J connectivity index is 2.46. The zero-order valence-electron chi connectivity index (χ0n) is 32.8. The van der Waals surface area contributed by atoms with Crippen LogP contribution in [0.4, 0.5) is 0 Å². The molecule has 0 heterocycles. The smallest absolute Gasteiger partial charge is 0.457 e. The largest absolute Gasteiger partial charge is 0.472 e. The fraction of sp³-hybridized carbons (Fsp3) is 0.875. The minimum Gasteiger partial charge on any atom is -0.457 e. The van der Waals surface area contributed by atoms with Gasteiger partial charge >= 0.3 is 13.8 Å². The van der Waals surface area contributed by atoms with Crippen LogP contribution in [-0.2, 0) is 27.9 Å². The number of carbonyl (C=O) groups is 1. The summed E-state index contributed by atoms with van der Waals surface area (Å²) < 4.78 is 34.0. The maximum Gasteiger partial charge on any atom is 0.472 e. The van der Waals surface area contributed by atoms with Crippen LogP contribution in [0.25, 0.3) is 0 Å². The number of phosphoric ester groups is 1. The maximum atomic E-state index is 12.8. The van der Waals surface area contributed by atoms with Crippen molar-refractivity contribution in [3.8, 4) is 0 Å². The topological polar surface area (TPSA) is 192 Å². The van der Waals surface area contributed by atoms with Gasteiger partial charge in [0.25, 0.3) is 0 Å². The van der Waals surface area contributed by atoms with Crippen molar-refractivity contribution in [3.63, 3.8) is 0 Å². The third-order valence-electron chi connectivity index (χ3n) is 9.56. The zero-order chi connectivity index (χ0) is 39.2. The van der Waals surface area contributed by atoms with Crippen molar-refractivity contribution in [3.05, 3.63) is 24.3 Å². The number of esters is 1. The Morgan fingerprint density at radius 2 is 1.09 bits per heavy atom. The van der Waals surface area contributed by atoms with E-state index in [9.17, 15) is 39.8 Å². The molecular formula is C40H75O12P. The lowest BCUT2D eigenvalue weighted by Gasteiger charge is -2.41. The summed E-state index contributed by atoms with van der Waals surface area (Å²) in [6, 6.07) is 0. The predicted octanol–water partition coefficient (Wildman–Crippen LogP) is 7.36. The molecule has 0 saturated heterocycles. The van der Waals surface area contributed by atoms with Crippen molar-refractivity contribution >= 4 is 13.8 Å². The second kappa shape index (κ2) is 32.0. The third-order valence-corrected chi connectivity index (χ3v) is 10.5. The van der Waals surface area contributed by atoms with Crippen LogP contribution in [-0.4, -0.2) is 98.9 Å². The molecule has 1 fully saturated rings. The first-order valence-electron chi connectivity index (χ1n) is 20.7. The fourth-order valence-electron chi connectivity index (χ4n) is 6.22. The lowest BCUT2D eigenvalue weighted by atomic mass is 9.85. The Morgan fingerprint density at radius 1 is 0.604 bits per heavy atom. The summed E-state index contributed by atoms with van der Waals surface area (Å²) in [5, 5.41) is 50.0. The Kier molecular flexibility index (Phi) is 30.1. The van der Waals surface area contributed by atoms with Crippen LogP contribution >= 0.6 is 7.82 Å². The highest BCUT2D eigenvalue weighted by atomic mass is 31.2. The third kappa shape index (κ3) is 24.8. The van der Waals surface area contributed by atoms with Crippen LogP contribution in [0.15, 0.2) is 24.3 Å². The number of phosphoric acid groups is 1. The molecule has 0 aromatic carbocycles. The molecule has 0 aromatic heterocycles. The van der Waals surface area contributed by atoms with Gasteiger partial charge in [-0.2, -0.15) is 0 Å². The molecule has 53 heavy (non-hydrogen) atoms. The molecule has 1 aliphatic carbocycles. The summed E-state index contributed by atoms with van der Waals surface area (Å²) in [4.78, 5) is 23.0. The number of allylic oxidation sites excluding steroid dienone is 4. The van der Waals surface area contributed by atoms with E-state index in [-0.39, 0.29) is 13.0 Å². The summed E-state index contributed by atoms with van der Waals surface area (Å²) in [6.45, 7) is 4.16. The van der Waals surface area contributed by atoms with Gasteiger partial charge in [-0.3, -0.25) is 13.8 Å². The Bertz CT molecular complexity index is 979. The Hall–Kier alpha value is -1.18. The van der Waals surface area contributed by atoms with E-state index in [4.69, 9.17) is 18.5 Å². The highest BCUT2D eigenvalue weighted by Crippen LogP contribution is 2.47. The van der Waals surface area contributed by atoms with Crippen molar-refractivity contribution in [2.45, 2.75) is 204 Å². The maximum absolute atomic E-state index is 12.8. The second-order valence-electron chi connectivity index (χ2n) is 14.5. The molecule has 0 bridgehead atoms. The van der Waals surface area contributed by atoms with E-state index in [1.807, 2.05) is 0 Å². The highest BCUT2D eigenvalue weighted by molar-refractivity contribution is 7.47. The zero-order valence-corrected chi connectivity index (χ0v) is 33.7. The summed E-state index contributed by atoms with van der Waals surface area (Å²) in [5.74, 6) is -0.491. The molecule has 0 aromatic rings. The van der Waals surface area contributed by atoms with Crippen molar-refractivity contribution in [2.24, 2.45) is 0 Å². The molecule has 6 N–H and O–H groups in total. The van der Waals surface area contributed by atoms with E-state index < -0.39 is 63.1 Å². The average molecular weight is 779 g/mol. The van der Waals surface area contributed by atoms with Gasteiger partial charge in [0.2, 0.25) is 0 Å². The minimum absolute atomic E-state index is 0.0792. The number of hydrogen-bond donors (Lipinski definition) is 6. The molecule has 0 amide bonds. The van der Waals surface area contributed by atoms with Crippen molar-refractivity contribution < 1.29 is 58.3 Å². The first kappa shape index (κ1) is 49.8. The average Bonchev–Trinajstić information content (AvgIpc) is 3.14. The molecule has 0 radical (unpaired) electrons. The molecule has 12 nitrogen and oxygen atoms in total. The summed E-state index contributed by atoms with van der Waals surface area (Å²) in [5.41, 5.74) is 0. The van der Waals surface area contributed by atoms with E-state index in [0.29, 0.717) is 13.0 Å². The molecule has 312 valence electrons. The lowest BCUT2D eigenvalue weighted by molar-refractivity contribution is -0.220. The van der Waals surface area contributed by atoms with E-state index in [1.165, 1.54) is 64.2 Å². The molecule has 0 aliphatic heterocycles. The van der Waals surface area contributed by atoms with Gasteiger partial charge in [-0.1, -0.05) is 141 Å². The quantitative estimate of drug-likeness (QED) is 0.0165. The van der Waals surface area contributed by atoms with Crippen molar-refractivity contribution in [1.82, 2.24) is 0 Å². The van der Waals surface area contributed by atoms with Gasteiger partial charge in [-0.25, -0.2) is 4.57 Å². The SMILES string of the molecule is CCC/C=C\C/C=C\CCCCCCCC(=O)OC(COCCCCCCCCCCCCCCC)COP(=O)(O)OC1C(O)C(O)C(O)C(O)C1O. The predicted molar refractivity (Wildman–Crippen MR) is 207 cm³/mol. The number of aliphatic hydroxyl groups is 5. The van der Waals surface area contributed by atoms with Gasteiger partial charge < -0.3 is 39.9 Å². The highest BCUT2D eigenvalue weighted by Gasteiger charge is 2.51. The van der Waals surface area contributed by atoms with Gasteiger partial charge in [-0.05, 0) is 38.5 Å². The molecule has 1 saturated carbocycles. The van der Waals surface area contributed by atoms with Crippen LogP contribution < -0.4 is 0 Å². The standard InChI is InChI=1S/C40H75O12P/c1-3-5-7-9-11-13-15-17-19-21-23-25-27-29-34(41)51-33(31-49-30-28-26-24-22-20-18-16-14-12-10-8-6-4-2)32-50-53(47,48)52-40-38(45)36(43)35(42)37(44)39(40)46/h7,9,13,15,33,35-40,42-46H,3-6,8,10-12,14,16-32H2,1-2H3,(H,47,48)/b9-7-,15-13-. The molecular weight excluding hydrogens is 703 g/mol. The van der Waals surface area contributed by atoms with E-state index in [2.05, 4.69) is 38.2 Å². The second-order valence-corrected chi connectivity index (χ2v) is 15.9. The Morgan fingerprint density at radius 3 is 1.66 bits per heavy atom. The van der Waals surface area contributed by atoms with Gasteiger partial charge in [0.05, 0.1) is 13.2 Å². The first-order valence-corrected chi connectivity index (χ1v) is 22.2. The van der Waals surface area contributed by atoms with Gasteiger partial charge in [0, 0.05) is 13.0 Å². The van der Waals surface area contributed by atoms with E-state index in [0.717, 1.165) is 70.6 Å². The lowest BCUT2D eigenvalue weighted by Crippen LogP contribution is -2.64. The van der Waals surface area contributed by atoms with Crippen LogP contribution in [0.3, 0.4) is 0 Å². The van der Waals surface area contributed by atoms with Gasteiger partial charge in [0.15, 0.2) is 0 Å². The van der Waals surface area contributed by atoms with Crippen LogP contribution in [0.5, 0.6) is 0 Å². The number of carbonyl (C=O) groups excluding carboxylic acids is 1. The fourth-order valence-corrected chi connectivity index (χ4v) is 7.19. The molecule has 1 rings (SSSR count). The number of ether oxygens (including phenoxy) is 2. The van der Waals surface area contributed by atoms with E-state index >= 15 is 0 Å². The minimum atomic E-state index is -5.01. The molecule has 6 atom stereocenters.